The molecule has 0 aromatic heterocycles. The summed E-state index contributed by atoms with van der Waals surface area (Å²) >= 11 is 3.98. The minimum Gasteiger partial charge on any atom is -0.462 e. The molecule has 0 N–H and O–H groups in total. The van der Waals surface area contributed by atoms with E-state index in [0.29, 0.717) is 3.57 Å². The molecule has 2 aromatic rings. The zero-order chi connectivity index (χ0) is 17.9. The number of esters is 1. The standard InChI is InChI=1S/C16H14I2O5S/c1-3-22-16(19)13-8-11(17)9-14(18)15(13)23-24(20,21)12-6-4-10(2)5-7-12/h4-9H,3H2,1-2H3. The zero-order valence-corrected chi connectivity index (χ0v) is 18.0. The maximum atomic E-state index is 12.5. The number of ether oxygens (including phenoxy) is 1. The number of aryl methyl sites for hydroxylation is 1. The lowest BCUT2D eigenvalue weighted by molar-refractivity contribution is 0.0524. The Morgan fingerprint density at radius 2 is 1.75 bits per heavy atom. The van der Waals surface area contributed by atoms with Crippen molar-refractivity contribution in [3.05, 3.63) is 54.7 Å². The van der Waals surface area contributed by atoms with Gasteiger partial charge in [-0.3, -0.25) is 0 Å². The van der Waals surface area contributed by atoms with Crippen LogP contribution < -0.4 is 4.18 Å². The van der Waals surface area contributed by atoms with Gasteiger partial charge in [0, 0.05) is 3.57 Å². The highest BCUT2D eigenvalue weighted by Gasteiger charge is 2.24. The van der Waals surface area contributed by atoms with E-state index in [1.165, 1.54) is 12.1 Å². The Morgan fingerprint density at radius 3 is 2.33 bits per heavy atom. The van der Waals surface area contributed by atoms with Crippen molar-refractivity contribution in [1.29, 1.82) is 0 Å². The van der Waals surface area contributed by atoms with Crippen LogP contribution in [0.1, 0.15) is 22.8 Å². The Morgan fingerprint density at radius 1 is 1.12 bits per heavy atom. The molecule has 0 heterocycles. The number of carbonyl (C=O) groups is 1. The lowest BCUT2D eigenvalue weighted by Gasteiger charge is -2.13. The normalized spacial score (nSPS) is 11.2. The van der Waals surface area contributed by atoms with Gasteiger partial charge < -0.3 is 8.92 Å². The van der Waals surface area contributed by atoms with Crippen molar-refractivity contribution >= 4 is 61.3 Å². The summed E-state index contributed by atoms with van der Waals surface area (Å²) < 4.78 is 36.6. The molecule has 0 bridgehead atoms. The van der Waals surface area contributed by atoms with Crippen molar-refractivity contribution in [3.8, 4) is 5.75 Å². The maximum absolute atomic E-state index is 12.5. The monoisotopic (exact) mass is 572 g/mol. The Kier molecular flexibility index (Phi) is 6.48. The van der Waals surface area contributed by atoms with Crippen LogP contribution in [0.2, 0.25) is 0 Å². The van der Waals surface area contributed by atoms with Crippen molar-refractivity contribution in [2.45, 2.75) is 18.7 Å². The van der Waals surface area contributed by atoms with Gasteiger partial charge in [0.15, 0.2) is 5.75 Å². The highest BCUT2D eigenvalue weighted by Crippen LogP contribution is 2.31. The van der Waals surface area contributed by atoms with Gasteiger partial charge in [0.25, 0.3) is 0 Å². The topological polar surface area (TPSA) is 69.7 Å². The number of hydrogen-bond acceptors (Lipinski definition) is 5. The molecule has 2 aromatic carbocycles. The van der Waals surface area contributed by atoms with Gasteiger partial charge in [0.2, 0.25) is 0 Å². The molecule has 0 aliphatic rings. The highest BCUT2D eigenvalue weighted by atomic mass is 127. The Hall–Kier alpha value is -0.880. The van der Waals surface area contributed by atoms with Crippen molar-refractivity contribution in [2.24, 2.45) is 0 Å². The Bertz CT molecular complexity index is 861. The van der Waals surface area contributed by atoms with Crippen molar-refractivity contribution < 1.29 is 22.1 Å². The Balaban J connectivity index is 2.48. The second-order valence-corrected chi connectivity index (χ2v) is 8.79. The van der Waals surface area contributed by atoms with E-state index in [1.54, 1.807) is 31.2 Å². The van der Waals surface area contributed by atoms with Crippen LogP contribution in [0.15, 0.2) is 41.3 Å². The minimum atomic E-state index is -4.05. The van der Waals surface area contributed by atoms with Crippen LogP contribution in [0.4, 0.5) is 0 Å². The van der Waals surface area contributed by atoms with Crippen LogP contribution in [0.25, 0.3) is 0 Å². The first kappa shape index (κ1) is 19.4. The van der Waals surface area contributed by atoms with E-state index in [4.69, 9.17) is 8.92 Å². The van der Waals surface area contributed by atoms with Gasteiger partial charge in [-0.25, -0.2) is 4.79 Å². The van der Waals surface area contributed by atoms with E-state index in [0.717, 1.165) is 9.13 Å². The molecule has 0 radical (unpaired) electrons. The van der Waals surface area contributed by atoms with E-state index in [-0.39, 0.29) is 22.8 Å². The molecule has 5 nitrogen and oxygen atoms in total. The number of carbonyl (C=O) groups excluding carboxylic acids is 1. The largest absolute Gasteiger partial charge is 0.462 e. The summed E-state index contributed by atoms with van der Waals surface area (Å²) in [7, 11) is -4.05. The zero-order valence-electron chi connectivity index (χ0n) is 12.9. The summed E-state index contributed by atoms with van der Waals surface area (Å²) in [5.41, 5.74) is 1.02. The van der Waals surface area contributed by atoms with Gasteiger partial charge in [0.05, 0.1) is 10.2 Å². The van der Waals surface area contributed by atoms with Gasteiger partial charge in [-0.05, 0) is 83.3 Å². The van der Waals surface area contributed by atoms with Gasteiger partial charge >= 0.3 is 16.1 Å². The van der Waals surface area contributed by atoms with E-state index < -0.39 is 16.1 Å². The van der Waals surface area contributed by atoms with Gasteiger partial charge in [-0.2, -0.15) is 8.42 Å². The fraction of sp³-hybridized carbons (Fsp3) is 0.188. The maximum Gasteiger partial charge on any atom is 0.342 e. The molecule has 0 amide bonds. The first-order valence-electron chi connectivity index (χ1n) is 6.92. The summed E-state index contributed by atoms with van der Waals surface area (Å²) in [6.45, 7) is 3.73. The van der Waals surface area contributed by atoms with Crippen LogP contribution in [-0.2, 0) is 14.9 Å². The molecule has 0 aliphatic carbocycles. The fourth-order valence-corrected chi connectivity index (χ4v) is 4.94. The first-order valence-corrected chi connectivity index (χ1v) is 10.5. The number of benzene rings is 2. The highest BCUT2D eigenvalue weighted by molar-refractivity contribution is 14.1. The molecule has 2 rings (SSSR count). The van der Waals surface area contributed by atoms with Crippen LogP contribution in [0.3, 0.4) is 0 Å². The van der Waals surface area contributed by atoms with Crippen molar-refractivity contribution in [3.63, 3.8) is 0 Å². The average molecular weight is 572 g/mol. The number of halogens is 2. The molecule has 8 heteroatoms. The predicted molar refractivity (Wildman–Crippen MR) is 107 cm³/mol. The summed E-state index contributed by atoms with van der Waals surface area (Å²) in [4.78, 5) is 12.2. The molecule has 0 saturated heterocycles. The third-order valence-corrected chi connectivity index (χ3v) is 5.67. The van der Waals surface area contributed by atoms with E-state index >= 15 is 0 Å². The fourth-order valence-electron chi connectivity index (χ4n) is 1.87. The smallest absolute Gasteiger partial charge is 0.342 e. The van der Waals surface area contributed by atoms with Crippen LogP contribution in [0, 0.1) is 14.1 Å². The molecule has 0 atom stereocenters. The second kappa shape index (κ2) is 8.00. The molecule has 0 spiro atoms. The summed E-state index contributed by atoms with van der Waals surface area (Å²) in [5, 5.41) is 0. The molecule has 24 heavy (non-hydrogen) atoms. The molecule has 0 saturated carbocycles. The number of rotatable bonds is 5. The van der Waals surface area contributed by atoms with Gasteiger partial charge in [0.1, 0.15) is 10.5 Å². The molecule has 0 fully saturated rings. The van der Waals surface area contributed by atoms with Crippen molar-refractivity contribution in [2.75, 3.05) is 6.61 Å². The third-order valence-electron chi connectivity index (χ3n) is 3.01. The average Bonchev–Trinajstić information content (AvgIpc) is 2.50. The molecular weight excluding hydrogens is 558 g/mol. The predicted octanol–water partition coefficient (Wildman–Crippen LogP) is 4.15. The van der Waals surface area contributed by atoms with Crippen LogP contribution >= 0.6 is 45.2 Å². The van der Waals surface area contributed by atoms with Crippen LogP contribution in [-0.4, -0.2) is 21.0 Å². The number of hydrogen-bond donors (Lipinski definition) is 0. The van der Waals surface area contributed by atoms with Crippen molar-refractivity contribution in [1.82, 2.24) is 0 Å². The molecule has 128 valence electrons. The summed E-state index contributed by atoms with van der Waals surface area (Å²) in [6, 6.07) is 9.57. The van der Waals surface area contributed by atoms with Crippen LogP contribution in [0.5, 0.6) is 5.75 Å². The molecule has 0 unspecified atom stereocenters. The lowest BCUT2D eigenvalue weighted by Crippen LogP contribution is -2.15. The minimum absolute atomic E-state index is 0.0185. The van der Waals surface area contributed by atoms with Gasteiger partial charge in [-0.15, -0.1) is 0 Å². The quantitative estimate of drug-likeness (QED) is 0.306. The summed E-state index contributed by atoms with van der Waals surface area (Å²) in [6.07, 6.45) is 0. The van der Waals surface area contributed by atoms with E-state index in [1.807, 2.05) is 52.1 Å². The van der Waals surface area contributed by atoms with Gasteiger partial charge in [-0.1, -0.05) is 17.7 Å². The third kappa shape index (κ3) is 4.60. The lowest BCUT2D eigenvalue weighted by atomic mass is 10.2. The van der Waals surface area contributed by atoms with E-state index in [2.05, 4.69) is 0 Å². The Labute approximate surface area is 168 Å². The summed E-state index contributed by atoms with van der Waals surface area (Å²) in [5.74, 6) is -0.641. The second-order valence-electron chi connectivity index (χ2n) is 4.84. The van der Waals surface area contributed by atoms with E-state index in [9.17, 15) is 13.2 Å². The molecular formula is C16H14I2O5S. The first-order chi connectivity index (χ1) is 11.2. The molecule has 0 aliphatic heterocycles. The SMILES string of the molecule is CCOC(=O)c1cc(I)cc(I)c1OS(=O)(=O)c1ccc(C)cc1.